The summed E-state index contributed by atoms with van der Waals surface area (Å²) in [5.41, 5.74) is 2.02. The van der Waals surface area contributed by atoms with Crippen LogP contribution >= 0.6 is 0 Å². The van der Waals surface area contributed by atoms with Gasteiger partial charge in [-0.2, -0.15) is 0 Å². The van der Waals surface area contributed by atoms with Crippen LogP contribution < -0.4 is 16.2 Å². The molecule has 100 valence electrons. The van der Waals surface area contributed by atoms with Gasteiger partial charge in [0.15, 0.2) is 0 Å². The highest BCUT2D eigenvalue weighted by molar-refractivity contribution is 5.69. The molecule has 1 unspecified atom stereocenters. The van der Waals surface area contributed by atoms with Gasteiger partial charge in [0.25, 0.3) is 0 Å². The summed E-state index contributed by atoms with van der Waals surface area (Å²) in [7, 11) is 1.77. The normalized spacial score (nSPS) is 12.0. The van der Waals surface area contributed by atoms with Gasteiger partial charge in [-0.05, 0) is 5.92 Å². The first-order valence-corrected chi connectivity index (χ1v) is 5.68. The van der Waals surface area contributed by atoms with Crippen molar-refractivity contribution in [3.8, 4) is 0 Å². The maximum Gasteiger partial charge on any atom is 0.354 e. The van der Waals surface area contributed by atoms with Crippen molar-refractivity contribution in [3.63, 3.8) is 0 Å². The molecule has 1 atom stereocenters. The fourth-order valence-electron chi connectivity index (χ4n) is 1.61. The third kappa shape index (κ3) is 3.04. The first-order chi connectivity index (χ1) is 8.51. The number of nitrogens with two attached hydrogens (primary N) is 1. The van der Waals surface area contributed by atoms with E-state index in [1.54, 1.807) is 11.9 Å². The average Bonchev–Trinajstić information content (AvgIpc) is 2.37. The van der Waals surface area contributed by atoms with Gasteiger partial charge in [-0.25, -0.2) is 15.8 Å². The molecule has 0 saturated carbocycles. The molecule has 0 fully saturated rings. The lowest BCUT2D eigenvalue weighted by Gasteiger charge is -2.21. The lowest BCUT2D eigenvalue weighted by molar-refractivity contribution is -0.383. The maximum atomic E-state index is 11.1. The summed E-state index contributed by atoms with van der Waals surface area (Å²) in [5, 5.41) is 11.1. The van der Waals surface area contributed by atoms with E-state index in [2.05, 4.69) is 29.2 Å². The van der Waals surface area contributed by atoms with Crippen molar-refractivity contribution >= 4 is 17.3 Å². The fraction of sp³-hybridized carbons (Fsp3) is 0.600. The van der Waals surface area contributed by atoms with Gasteiger partial charge < -0.3 is 10.3 Å². The smallest absolute Gasteiger partial charge is 0.354 e. The standard InChI is InChI=1S/C10H18N6O2/c1-4-7(2)5-15(3)10-8(16(17)18)9(14-11)12-6-13-10/h6-7H,4-5,11H2,1-3H3,(H,12,13,14). The molecule has 18 heavy (non-hydrogen) atoms. The van der Waals surface area contributed by atoms with Gasteiger partial charge in [0, 0.05) is 13.6 Å². The Bertz CT molecular complexity index is 425. The second-order valence-electron chi connectivity index (χ2n) is 4.19. The Morgan fingerprint density at radius 2 is 2.28 bits per heavy atom. The number of nitrogens with one attached hydrogen (secondary N) is 1. The van der Waals surface area contributed by atoms with Crippen LogP contribution in [0.4, 0.5) is 17.3 Å². The van der Waals surface area contributed by atoms with E-state index in [1.165, 1.54) is 6.33 Å². The molecular formula is C10H18N6O2. The third-order valence-corrected chi connectivity index (χ3v) is 2.77. The number of nitro groups is 1. The molecule has 0 saturated heterocycles. The van der Waals surface area contributed by atoms with Crippen LogP contribution in [-0.4, -0.2) is 28.5 Å². The molecular weight excluding hydrogens is 236 g/mol. The molecule has 1 heterocycles. The molecule has 1 rings (SSSR count). The zero-order valence-electron chi connectivity index (χ0n) is 10.8. The third-order valence-electron chi connectivity index (χ3n) is 2.77. The number of hydrogen-bond acceptors (Lipinski definition) is 7. The summed E-state index contributed by atoms with van der Waals surface area (Å²) in [6.45, 7) is 4.82. The van der Waals surface area contributed by atoms with Crippen molar-refractivity contribution in [1.82, 2.24) is 9.97 Å². The molecule has 0 aliphatic heterocycles. The van der Waals surface area contributed by atoms with E-state index in [-0.39, 0.29) is 17.3 Å². The van der Waals surface area contributed by atoms with E-state index in [0.29, 0.717) is 12.5 Å². The van der Waals surface area contributed by atoms with E-state index in [9.17, 15) is 10.1 Å². The van der Waals surface area contributed by atoms with Crippen LogP contribution in [-0.2, 0) is 0 Å². The SMILES string of the molecule is CCC(C)CN(C)c1ncnc(NN)c1[N+](=O)[O-]. The summed E-state index contributed by atoms with van der Waals surface area (Å²) in [4.78, 5) is 20.0. The number of nitrogens with zero attached hydrogens (tertiary/aromatic N) is 4. The molecule has 0 radical (unpaired) electrons. The molecule has 0 amide bonds. The lowest BCUT2D eigenvalue weighted by Crippen LogP contribution is -2.26. The molecule has 0 aliphatic rings. The monoisotopic (exact) mass is 254 g/mol. The minimum absolute atomic E-state index is 0.0148. The zero-order chi connectivity index (χ0) is 13.7. The topological polar surface area (TPSA) is 110 Å². The van der Waals surface area contributed by atoms with Gasteiger partial charge in [0.1, 0.15) is 6.33 Å². The summed E-state index contributed by atoms with van der Waals surface area (Å²) >= 11 is 0. The van der Waals surface area contributed by atoms with Crippen LogP contribution in [0, 0.1) is 16.0 Å². The van der Waals surface area contributed by atoms with Gasteiger partial charge in [-0.15, -0.1) is 0 Å². The molecule has 0 bridgehead atoms. The number of nitrogen functional groups attached to an aromatic ring is 1. The number of hydrazine groups is 1. The number of aromatic nitrogens is 2. The fourth-order valence-corrected chi connectivity index (χ4v) is 1.61. The van der Waals surface area contributed by atoms with Crippen molar-refractivity contribution in [2.45, 2.75) is 20.3 Å². The summed E-state index contributed by atoms with van der Waals surface area (Å²) in [5.74, 6) is 5.92. The highest BCUT2D eigenvalue weighted by atomic mass is 16.6. The average molecular weight is 254 g/mol. The Balaban J connectivity index is 3.11. The Morgan fingerprint density at radius 3 is 2.78 bits per heavy atom. The predicted octanol–water partition coefficient (Wildman–Crippen LogP) is 1.15. The molecule has 8 heteroatoms. The molecule has 1 aromatic rings. The van der Waals surface area contributed by atoms with Crippen molar-refractivity contribution in [3.05, 3.63) is 16.4 Å². The Morgan fingerprint density at radius 1 is 1.61 bits per heavy atom. The maximum absolute atomic E-state index is 11.1. The predicted molar refractivity (Wildman–Crippen MR) is 69.2 cm³/mol. The Hall–Kier alpha value is -1.96. The van der Waals surface area contributed by atoms with Gasteiger partial charge >= 0.3 is 5.69 Å². The minimum Gasteiger partial charge on any atom is -0.354 e. The van der Waals surface area contributed by atoms with Crippen LogP contribution in [0.15, 0.2) is 6.33 Å². The molecule has 0 aliphatic carbocycles. The first-order valence-electron chi connectivity index (χ1n) is 5.68. The van der Waals surface area contributed by atoms with Crippen LogP contribution in [0.5, 0.6) is 0 Å². The largest absolute Gasteiger partial charge is 0.354 e. The van der Waals surface area contributed by atoms with Crippen molar-refractivity contribution in [1.29, 1.82) is 0 Å². The second-order valence-corrected chi connectivity index (χ2v) is 4.19. The summed E-state index contributed by atoms with van der Waals surface area (Å²) < 4.78 is 0. The zero-order valence-corrected chi connectivity index (χ0v) is 10.8. The van der Waals surface area contributed by atoms with E-state index in [1.807, 2.05) is 0 Å². The van der Waals surface area contributed by atoms with Crippen LogP contribution in [0.1, 0.15) is 20.3 Å². The lowest BCUT2D eigenvalue weighted by atomic mass is 10.1. The Kier molecular flexibility index (Phi) is 4.78. The highest BCUT2D eigenvalue weighted by Crippen LogP contribution is 2.30. The van der Waals surface area contributed by atoms with Crippen LogP contribution in [0.3, 0.4) is 0 Å². The summed E-state index contributed by atoms with van der Waals surface area (Å²) in [6.07, 6.45) is 2.25. The minimum atomic E-state index is -0.530. The quantitative estimate of drug-likeness (QED) is 0.445. The van der Waals surface area contributed by atoms with Crippen LogP contribution in [0.2, 0.25) is 0 Å². The van der Waals surface area contributed by atoms with Gasteiger partial charge in [0.05, 0.1) is 4.92 Å². The van der Waals surface area contributed by atoms with Gasteiger partial charge in [0.2, 0.25) is 11.6 Å². The van der Waals surface area contributed by atoms with E-state index in [4.69, 9.17) is 5.84 Å². The van der Waals surface area contributed by atoms with Crippen LogP contribution in [0.25, 0.3) is 0 Å². The molecule has 0 spiro atoms. The first kappa shape index (κ1) is 14.1. The van der Waals surface area contributed by atoms with E-state index < -0.39 is 4.92 Å². The molecule has 0 aromatic carbocycles. The molecule has 1 aromatic heterocycles. The highest BCUT2D eigenvalue weighted by Gasteiger charge is 2.25. The molecule has 8 nitrogen and oxygen atoms in total. The van der Waals surface area contributed by atoms with Gasteiger partial charge in [-0.3, -0.25) is 10.1 Å². The second kappa shape index (κ2) is 6.10. The number of anilines is 2. The van der Waals surface area contributed by atoms with Crippen molar-refractivity contribution in [2.24, 2.45) is 11.8 Å². The molecule has 3 N–H and O–H groups in total. The van der Waals surface area contributed by atoms with Crippen molar-refractivity contribution in [2.75, 3.05) is 23.9 Å². The number of hydrogen-bond donors (Lipinski definition) is 2. The van der Waals surface area contributed by atoms with E-state index in [0.717, 1.165) is 6.42 Å². The van der Waals surface area contributed by atoms with Gasteiger partial charge in [-0.1, -0.05) is 20.3 Å². The van der Waals surface area contributed by atoms with E-state index >= 15 is 0 Å². The summed E-state index contributed by atoms with van der Waals surface area (Å²) in [6, 6.07) is 0. The Labute approximate surface area is 105 Å². The number of rotatable bonds is 6. The van der Waals surface area contributed by atoms with Crippen molar-refractivity contribution < 1.29 is 4.92 Å².